The maximum absolute atomic E-state index is 6.05. The van der Waals surface area contributed by atoms with Crippen molar-refractivity contribution in [1.82, 2.24) is 0 Å². The SMILES string of the molecule is CC(CCCC(Cl)(Cl)Cl)(C1=CC=CC1)C1c2ccccc2-c2ccccc21. The van der Waals surface area contributed by atoms with Gasteiger partial charge in [0.05, 0.1) is 0 Å². The average Bonchev–Trinajstić information content (AvgIpc) is 3.27. The Kier molecular flexibility index (Phi) is 5.18. The summed E-state index contributed by atoms with van der Waals surface area (Å²) in [6.07, 6.45) is 10.2. The fraction of sp³-hybridized carbons (Fsp3) is 0.333. The number of hydrogen-bond donors (Lipinski definition) is 0. The smallest absolute Gasteiger partial charge is 0.0837 e. The predicted molar refractivity (Wildman–Crippen MR) is 118 cm³/mol. The maximum atomic E-state index is 6.05. The molecule has 0 radical (unpaired) electrons. The van der Waals surface area contributed by atoms with Crippen LogP contribution in [-0.4, -0.2) is 3.79 Å². The molecule has 0 amide bonds. The first-order chi connectivity index (χ1) is 12.9. The quantitative estimate of drug-likeness (QED) is 0.430. The third kappa shape index (κ3) is 3.60. The lowest BCUT2D eigenvalue weighted by Crippen LogP contribution is -2.28. The Labute approximate surface area is 176 Å². The monoisotopic (exact) mass is 416 g/mol. The van der Waals surface area contributed by atoms with Gasteiger partial charge in [-0.25, -0.2) is 0 Å². The summed E-state index contributed by atoms with van der Waals surface area (Å²) >= 11 is 18.1. The lowest BCUT2D eigenvalue weighted by atomic mass is 9.64. The van der Waals surface area contributed by atoms with E-state index < -0.39 is 3.79 Å². The molecular formula is C24H23Cl3. The second-order valence-corrected chi connectivity index (χ2v) is 10.3. The molecule has 27 heavy (non-hydrogen) atoms. The summed E-state index contributed by atoms with van der Waals surface area (Å²) in [6, 6.07) is 17.6. The summed E-state index contributed by atoms with van der Waals surface area (Å²) in [7, 11) is 0. The topological polar surface area (TPSA) is 0 Å². The zero-order valence-corrected chi connectivity index (χ0v) is 17.7. The molecular weight excluding hydrogens is 395 g/mol. The van der Waals surface area contributed by atoms with E-state index in [4.69, 9.17) is 34.8 Å². The standard InChI is InChI=1S/C24H23Cl3/c1-23(17-9-2-3-10-17,15-8-16-24(25,26)27)22-20-13-6-4-11-18(20)19-12-5-7-14-21(19)22/h2-7,9,11-14,22H,8,10,15-16H2,1H3. The predicted octanol–water partition coefficient (Wildman–Crippen LogP) is 8.23. The van der Waals surface area contributed by atoms with Crippen LogP contribution in [0, 0.1) is 5.41 Å². The minimum Gasteiger partial charge on any atom is -0.0837 e. The number of hydrogen-bond acceptors (Lipinski definition) is 0. The number of benzene rings is 2. The summed E-state index contributed by atoms with van der Waals surface area (Å²) < 4.78 is -1.19. The molecule has 0 aromatic heterocycles. The highest BCUT2D eigenvalue weighted by Gasteiger charge is 2.44. The van der Waals surface area contributed by atoms with E-state index in [-0.39, 0.29) is 5.41 Å². The average molecular weight is 418 g/mol. The van der Waals surface area contributed by atoms with Gasteiger partial charge in [0.15, 0.2) is 3.79 Å². The lowest BCUT2D eigenvalue weighted by molar-refractivity contribution is 0.307. The highest BCUT2D eigenvalue weighted by Crippen LogP contribution is 2.58. The van der Waals surface area contributed by atoms with E-state index in [1.54, 1.807) is 0 Å². The van der Waals surface area contributed by atoms with Crippen LogP contribution < -0.4 is 0 Å². The zero-order chi connectivity index (χ0) is 19.1. The van der Waals surface area contributed by atoms with Crippen LogP contribution >= 0.6 is 34.8 Å². The normalized spacial score (nSPS) is 18.1. The Morgan fingerprint density at radius 3 is 2.00 bits per heavy atom. The molecule has 0 aliphatic heterocycles. The van der Waals surface area contributed by atoms with Gasteiger partial charge in [0.1, 0.15) is 0 Å². The van der Waals surface area contributed by atoms with Crippen molar-refractivity contribution in [1.29, 1.82) is 0 Å². The fourth-order valence-corrected chi connectivity index (χ4v) is 5.26. The van der Waals surface area contributed by atoms with E-state index in [1.807, 2.05) is 0 Å². The van der Waals surface area contributed by atoms with E-state index in [2.05, 4.69) is 73.7 Å². The Balaban J connectivity index is 1.78. The number of allylic oxidation sites excluding steroid dienone is 4. The minimum absolute atomic E-state index is 0.0118. The van der Waals surface area contributed by atoms with Crippen molar-refractivity contribution in [3.63, 3.8) is 0 Å². The fourth-order valence-electron chi connectivity index (χ4n) is 4.86. The molecule has 0 saturated carbocycles. The first kappa shape index (κ1) is 19.1. The number of rotatable bonds is 5. The van der Waals surface area contributed by atoms with Gasteiger partial charge < -0.3 is 0 Å². The van der Waals surface area contributed by atoms with Crippen LogP contribution in [0.2, 0.25) is 0 Å². The Bertz CT molecular complexity index is 858. The second kappa shape index (κ2) is 7.32. The lowest BCUT2D eigenvalue weighted by Gasteiger charge is -2.39. The van der Waals surface area contributed by atoms with Crippen molar-refractivity contribution in [2.24, 2.45) is 5.41 Å². The summed E-state index contributed by atoms with van der Waals surface area (Å²) in [6.45, 7) is 2.40. The molecule has 2 aliphatic carbocycles. The van der Waals surface area contributed by atoms with Gasteiger partial charge in [-0.05, 0) is 53.4 Å². The van der Waals surface area contributed by atoms with Crippen LogP contribution in [0.25, 0.3) is 11.1 Å². The number of fused-ring (bicyclic) bond motifs is 3. The van der Waals surface area contributed by atoms with E-state index >= 15 is 0 Å². The van der Waals surface area contributed by atoms with Gasteiger partial charge in [-0.2, -0.15) is 0 Å². The van der Waals surface area contributed by atoms with Crippen molar-refractivity contribution < 1.29 is 0 Å². The van der Waals surface area contributed by atoms with E-state index in [0.29, 0.717) is 12.3 Å². The van der Waals surface area contributed by atoms with Gasteiger partial charge in [0.2, 0.25) is 0 Å². The zero-order valence-electron chi connectivity index (χ0n) is 15.4. The molecule has 1 unspecified atom stereocenters. The summed E-state index contributed by atoms with van der Waals surface area (Å²) in [5, 5.41) is 0. The molecule has 0 bridgehead atoms. The molecule has 2 aliphatic rings. The van der Waals surface area contributed by atoms with Gasteiger partial charge in [0, 0.05) is 5.92 Å². The Morgan fingerprint density at radius 1 is 0.889 bits per heavy atom. The van der Waals surface area contributed by atoms with Gasteiger partial charge >= 0.3 is 0 Å². The minimum atomic E-state index is -1.19. The molecule has 0 heterocycles. The molecule has 0 nitrogen and oxygen atoms in total. The van der Waals surface area contributed by atoms with Crippen LogP contribution in [0.4, 0.5) is 0 Å². The van der Waals surface area contributed by atoms with Gasteiger partial charge in [-0.1, -0.05) is 114 Å². The first-order valence-electron chi connectivity index (χ1n) is 9.51. The second-order valence-electron chi connectivity index (χ2n) is 7.82. The van der Waals surface area contributed by atoms with Gasteiger partial charge in [0.25, 0.3) is 0 Å². The van der Waals surface area contributed by atoms with Crippen LogP contribution in [0.5, 0.6) is 0 Å². The molecule has 1 atom stereocenters. The van der Waals surface area contributed by atoms with Crippen molar-refractivity contribution >= 4 is 34.8 Å². The van der Waals surface area contributed by atoms with Crippen molar-refractivity contribution in [2.45, 2.75) is 42.3 Å². The van der Waals surface area contributed by atoms with E-state index in [9.17, 15) is 0 Å². The highest BCUT2D eigenvalue weighted by atomic mass is 35.6. The molecule has 0 fully saturated rings. The molecule has 2 aromatic rings. The first-order valence-corrected chi connectivity index (χ1v) is 10.6. The third-order valence-corrected chi connectivity index (χ3v) is 6.70. The van der Waals surface area contributed by atoms with Crippen LogP contribution in [0.3, 0.4) is 0 Å². The third-order valence-electron chi connectivity index (χ3n) is 6.13. The molecule has 2 aromatic carbocycles. The van der Waals surface area contributed by atoms with Gasteiger partial charge in [-0.3, -0.25) is 0 Å². The van der Waals surface area contributed by atoms with Crippen LogP contribution in [-0.2, 0) is 0 Å². The molecule has 0 spiro atoms. The van der Waals surface area contributed by atoms with Crippen LogP contribution in [0.15, 0.2) is 72.3 Å². The maximum Gasteiger partial charge on any atom is 0.190 e. The molecule has 0 saturated heterocycles. The summed E-state index contributed by atoms with van der Waals surface area (Å²) in [5.74, 6) is 0.325. The largest absolute Gasteiger partial charge is 0.190 e. The molecule has 3 heteroatoms. The van der Waals surface area contributed by atoms with Crippen molar-refractivity contribution in [3.8, 4) is 11.1 Å². The molecule has 140 valence electrons. The van der Waals surface area contributed by atoms with Crippen molar-refractivity contribution in [2.75, 3.05) is 0 Å². The van der Waals surface area contributed by atoms with Crippen molar-refractivity contribution in [3.05, 3.63) is 83.5 Å². The number of alkyl halides is 3. The molecule has 0 N–H and O–H groups in total. The highest BCUT2D eigenvalue weighted by molar-refractivity contribution is 6.67. The Hall–Kier alpha value is -1.21. The molecule has 4 rings (SSSR count). The van der Waals surface area contributed by atoms with E-state index in [1.165, 1.54) is 27.8 Å². The van der Waals surface area contributed by atoms with E-state index in [0.717, 1.165) is 19.3 Å². The summed E-state index contributed by atoms with van der Waals surface area (Å²) in [4.78, 5) is 0. The number of halogens is 3. The Morgan fingerprint density at radius 2 is 1.48 bits per heavy atom. The summed E-state index contributed by atoms with van der Waals surface area (Å²) in [5.41, 5.74) is 7.02. The van der Waals surface area contributed by atoms with Gasteiger partial charge in [-0.15, -0.1) is 0 Å². The van der Waals surface area contributed by atoms with Crippen LogP contribution in [0.1, 0.15) is 49.7 Å².